The molecule has 0 saturated heterocycles. The van der Waals surface area contributed by atoms with Gasteiger partial charge in [0.2, 0.25) is 0 Å². The highest BCUT2D eigenvalue weighted by Crippen LogP contribution is 2.24. The van der Waals surface area contributed by atoms with Crippen molar-refractivity contribution in [3.8, 4) is 0 Å². The summed E-state index contributed by atoms with van der Waals surface area (Å²) in [4.78, 5) is 12.7. The number of benzene rings is 2. The molecular weight excluding hydrogens is 300 g/mol. The number of carbonyl (C=O) groups excluding carboxylic acids is 1. The maximum Gasteiger partial charge on any atom is 0.193 e. The Hall–Kier alpha value is -1.41. The molecule has 2 aromatic carbocycles. The molecule has 0 aliphatic heterocycles. The highest BCUT2D eigenvalue weighted by molar-refractivity contribution is 9.10. The smallest absolute Gasteiger partial charge is 0.193 e. The Kier molecular flexibility index (Phi) is 3.91. The molecule has 0 radical (unpaired) electrons. The summed E-state index contributed by atoms with van der Waals surface area (Å²) < 4.78 is 0.984. The molecule has 2 rings (SSSR count). The van der Waals surface area contributed by atoms with Crippen molar-refractivity contribution < 1.29 is 4.79 Å². The van der Waals surface area contributed by atoms with Gasteiger partial charge in [-0.15, -0.1) is 0 Å². The molecule has 19 heavy (non-hydrogen) atoms. The molecule has 0 heterocycles. The van der Waals surface area contributed by atoms with E-state index in [4.69, 9.17) is 0 Å². The molecule has 0 aliphatic carbocycles. The summed E-state index contributed by atoms with van der Waals surface area (Å²) in [6, 6.07) is 9.68. The van der Waals surface area contributed by atoms with E-state index in [0.29, 0.717) is 0 Å². The minimum absolute atomic E-state index is 0.106. The Bertz CT molecular complexity index is 613. The summed E-state index contributed by atoms with van der Waals surface area (Å²) in [5.41, 5.74) is 6.08. The monoisotopic (exact) mass is 316 g/mol. The quantitative estimate of drug-likeness (QED) is 0.719. The molecule has 0 atom stereocenters. The number of aryl methyl sites for hydroxylation is 2. The lowest BCUT2D eigenvalue weighted by molar-refractivity contribution is 0.103. The SMILES string of the molecule is Cc1cc(C)c(C)c(C(=O)c2ccc(Br)cc2)c1C. The third-order valence-corrected chi connectivity index (χ3v) is 4.23. The summed E-state index contributed by atoms with van der Waals surface area (Å²) in [5, 5.41) is 0. The molecule has 1 nitrogen and oxygen atoms in total. The summed E-state index contributed by atoms with van der Waals surface area (Å²) in [6.45, 7) is 8.15. The number of carbonyl (C=O) groups is 1. The van der Waals surface area contributed by atoms with Crippen LogP contribution >= 0.6 is 15.9 Å². The van der Waals surface area contributed by atoms with Crippen molar-refractivity contribution >= 4 is 21.7 Å². The Balaban J connectivity index is 2.59. The van der Waals surface area contributed by atoms with Gasteiger partial charge in [-0.3, -0.25) is 4.79 Å². The van der Waals surface area contributed by atoms with E-state index in [9.17, 15) is 4.79 Å². The highest BCUT2D eigenvalue weighted by atomic mass is 79.9. The van der Waals surface area contributed by atoms with Crippen LogP contribution in [0.3, 0.4) is 0 Å². The molecule has 0 aliphatic rings. The van der Waals surface area contributed by atoms with E-state index in [1.807, 2.05) is 38.1 Å². The van der Waals surface area contributed by atoms with E-state index in [1.54, 1.807) is 0 Å². The van der Waals surface area contributed by atoms with E-state index in [0.717, 1.165) is 26.7 Å². The van der Waals surface area contributed by atoms with Crippen LogP contribution < -0.4 is 0 Å². The second-order valence-electron chi connectivity index (χ2n) is 4.97. The first-order chi connectivity index (χ1) is 8.91. The van der Waals surface area contributed by atoms with Crippen molar-refractivity contribution in [2.45, 2.75) is 27.7 Å². The molecule has 2 heteroatoms. The number of rotatable bonds is 2. The first-order valence-corrected chi connectivity index (χ1v) is 7.08. The number of hydrogen-bond donors (Lipinski definition) is 0. The van der Waals surface area contributed by atoms with Gasteiger partial charge in [-0.2, -0.15) is 0 Å². The second-order valence-corrected chi connectivity index (χ2v) is 5.89. The lowest BCUT2D eigenvalue weighted by atomic mass is 9.89. The van der Waals surface area contributed by atoms with E-state index in [1.165, 1.54) is 11.1 Å². The number of hydrogen-bond acceptors (Lipinski definition) is 1. The van der Waals surface area contributed by atoms with Crippen LogP contribution in [-0.2, 0) is 0 Å². The van der Waals surface area contributed by atoms with Crippen LogP contribution in [0.1, 0.15) is 38.2 Å². The number of ketones is 1. The van der Waals surface area contributed by atoms with Crippen molar-refractivity contribution in [3.05, 3.63) is 68.2 Å². The lowest BCUT2D eigenvalue weighted by Crippen LogP contribution is -2.08. The first kappa shape index (κ1) is 14.0. The summed E-state index contributed by atoms with van der Waals surface area (Å²) >= 11 is 3.39. The standard InChI is InChI=1S/C17H17BrO/c1-10-9-11(2)13(4)16(12(10)3)17(19)14-5-7-15(18)8-6-14/h5-9H,1-4H3. The van der Waals surface area contributed by atoms with Gasteiger partial charge in [0.25, 0.3) is 0 Å². The normalized spacial score (nSPS) is 10.6. The zero-order valence-electron chi connectivity index (χ0n) is 11.7. The van der Waals surface area contributed by atoms with Gasteiger partial charge in [0.15, 0.2) is 5.78 Å². The van der Waals surface area contributed by atoms with Crippen molar-refractivity contribution in [1.29, 1.82) is 0 Å². The summed E-state index contributed by atoms with van der Waals surface area (Å²) in [7, 11) is 0. The van der Waals surface area contributed by atoms with Crippen LogP contribution in [0.25, 0.3) is 0 Å². The summed E-state index contributed by atoms with van der Waals surface area (Å²) in [5.74, 6) is 0.106. The van der Waals surface area contributed by atoms with E-state index in [2.05, 4.69) is 35.8 Å². The summed E-state index contributed by atoms with van der Waals surface area (Å²) in [6.07, 6.45) is 0. The topological polar surface area (TPSA) is 17.1 Å². The van der Waals surface area contributed by atoms with E-state index < -0.39 is 0 Å². The van der Waals surface area contributed by atoms with Crippen LogP contribution in [0.2, 0.25) is 0 Å². The maximum absolute atomic E-state index is 12.7. The van der Waals surface area contributed by atoms with Gasteiger partial charge in [-0.05, 0) is 74.2 Å². The molecule has 0 fully saturated rings. The van der Waals surface area contributed by atoms with Crippen LogP contribution in [0.4, 0.5) is 0 Å². The predicted octanol–water partition coefficient (Wildman–Crippen LogP) is 4.91. The zero-order chi connectivity index (χ0) is 14.2. The molecule has 98 valence electrons. The lowest BCUT2D eigenvalue weighted by Gasteiger charge is -2.14. The molecule has 0 bridgehead atoms. The molecule has 0 N–H and O–H groups in total. The van der Waals surface area contributed by atoms with Crippen molar-refractivity contribution in [2.75, 3.05) is 0 Å². The van der Waals surface area contributed by atoms with Crippen molar-refractivity contribution in [3.63, 3.8) is 0 Å². The predicted molar refractivity (Wildman–Crippen MR) is 83.0 cm³/mol. The minimum atomic E-state index is 0.106. The molecule has 0 saturated carbocycles. The van der Waals surface area contributed by atoms with Crippen molar-refractivity contribution in [2.24, 2.45) is 0 Å². The fourth-order valence-corrected chi connectivity index (χ4v) is 2.57. The van der Waals surface area contributed by atoms with Gasteiger partial charge in [0.1, 0.15) is 0 Å². The molecule has 0 aromatic heterocycles. The van der Waals surface area contributed by atoms with E-state index >= 15 is 0 Å². The van der Waals surface area contributed by atoms with Gasteiger partial charge < -0.3 is 0 Å². The number of halogens is 1. The molecule has 0 amide bonds. The third kappa shape index (κ3) is 2.64. The van der Waals surface area contributed by atoms with Gasteiger partial charge >= 0.3 is 0 Å². The molecular formula is C17H17BrO. The Labute approximate surface area is 122 Å². The Morgan fingerprint density at radius 3 is 1.84 bits per heavy atom. The fraction of sp³-hybridized carbons (Fsp3) is 0.235. The van der Waals surface area contributed by atoms with Gasteiger partial charge in [-0.1, -0.05) is 22.0 Å². The molecule has 0 unspecified atom stereocenters. The molecule has 2 aromatic rings. The minimum Gasteiger partial charge on any atom is -0.289 e. The first-order valence-electron chi connectivity index (χ1n) is 6.29. The van der Waals surface area contributed by atoms with Crippen LogP contribution in [0, 0.1) is 27.7 Å². The Morgan fingerprint density at radius 1 is 0.895 bits per heavy atom. The zero-order valence-corrected chi connectivity index (χ0v) is 13.3. The average molecular weight is 317 g/mol. The average Bonchev–Trinajstić information content (AvgIpc) is 2.37. The molecule has 0 spiro atoms. The third-order valence-electron chi connectivity index (χ3n) is 3.70. The Morgan fingerprint density at radius 2 is 1.37 bits per heavy atom. The largest absolute Gasteiger partial charge is 0.289 e. The van der Waals surface area contributed by atoms with Crippen molar-refractivity contribution in [1.82, 2.24) is 0 Å². The van der Waals surface area contributed by atoms with Gasteiger partial charge in [-0.25, -0.2) is 0 Å². The maximum atomic E-state index is 12.7. The van der Waals surface area contributed by atoms with Crippen LogP contribution in [0.15, 0.2) is 34.8 Å². The van der Waals surface area contributed by atoms with Crippen LogP contribution in [-0.4, -0.2) is 5.78 Å². The van der Waals surface area contributed by atoms with E-state index in [-0.39, 0.29) is 5.78 Å². The fourth-order valence-electron chi connectivity index (χ4n) is 2.30. The second kappa shape index (κ2) is 5.30. The van der Waals surface area contributed by atoms with Crippen LogP contribution in [0.5, 0.6) is 0 Å². The van der Waals surface area contributed by atoms with Gasteiger partial charge in [0, 0.05) is 15.6 Å². The van der Waals surface area contributed by atoms with Gasteiger partial charge in [0.05, 0.1) is 0 Å². The highest BCUT2D eigenvalue weighted by Gasteiger charge is 2.17.